The van der Waals surface area contributed by atoms with Gasteiger partial charge in [0.2, 0.25) is 35.4 Å². The molecule has 53 heteroatoms. The standard InChI is InChI=1S/C32H41N5O9.C31H43N5O14.C22H29N5O9.3C4H8O2/c1-4-44-31(42)27-26(46-27)30(41)37(16-15-25(33)38)36-29(40)24(18-21-11-7-5-8-12-21)34-28(39)23(17-20(2)3)35-32(43)45-19-22-13-9-6-10-14-22;1-5-48-30(46)25-24(50-25)29(45)36(14-22(40)41)35-28(44)23(17(4)37)34-26(42)19(11-12-21(38)39)32-27(43)20(13-16(2)3)33-31(47)49-15-18-9-7-6-8-10-18;1-4-34-21(32)17-16(36-17)20(31)27(10-15(23)28)26-19(30)13(3)24-18(29)12(2)25-22(33)35-11-14-8-6-5-7-9-14;3*1-3-6-4(2)5/h5-14,20,23-24,26-27H,4,15-19H2,1-3H3,(H2,33,38)(H,34,39)(H,35,43)(H,36,40);6-10,16-17,19-20,23-25,37H,5,11-15H2,1-4H3,(H,32,43)(H,33,47)(H,34,42)(H,35,44)(H,38,39)(H,40,41);5-9,12-13,16-17H,4,10-11H2,1-3H3,(H2,23,28)(H,24,29)(H,25,33)(H,26,30);3*3H2,1-2H3. The van der Waals surface area contributed by atoms with Gasteiger partial charge >= 0.3 is 66.0 Å². The molecule has 3 aliphatic rings. The van der Waals surface area contributed by atoms with Crippen molar-refractivity contribution in [1.29, 1.82) is 0 Å². The molecule has 0 aromatic heterocycles. The lowest BCUT2D eigenvalue weighted by molar-refractivity contribution is -0.152. The predicted octanol–water partition coefficient (Wildman–Crippen LogP) is 0.128. The molecule has 14 atom stereocenters. The number of rotatable bonds is 49. The number of nitrogens with zero attached hydrogens (tertiary/aromatic N) is 3. The van der Waals surface area contributed by atoms with Crippen LogP contribution in [-0.4, -0.2) is 312 Å². The van der Waals surface area contributed by atoms with E-state index in [-0.39, 0.29) is 102 Å². The monoisotopic (exact) mass is 2120 g/mol. The molecule has 0 saturated carbocycles. The Balaban J connectivity index is 0.000000705. The Bertz CT molecular complexity index is 5070. The van der Waals surface area contributed by atoms with Crippen LogP contribution in [0.15, 0.2) is 121 Å². The number of primary amides is 2. The summed E-state index contributed by atoms with van der Waals surface area (Å²) in [5.41, 5.74) is 19.9. The number of aliphatic hydroxyl groups excluding tert-OH is 1. The van der Waals surface area contributed by atoms with Gasteiger partial charge in [-0.05, 0) is 116 Å². The molecule has 3 saturated heterocycles. The summed E-state index contributed by atoms with van der Waals surface area (Å²) in [5.74, 6) is -16.9. The average Bonchev–Trinajstić information content (AvgIpc) is 1.65. The van der Waals surface area contributed by atoms with E-state index in [9.17, 15) is 126 Å². The topological polar surface area (TPSA) is 756 Å². The number of esters is 6. The molecule has 0 bridgehead atoms. The van der Waals surface area contributed by atoms with Gasteiger partial charge in [-0.15, -0.1) is 0 Å². The van der Waals surface area contributed by atoms with Gasteiger partial charge in [0, 0.05) is 40.0 Å². The van der Waals surface area contributed by atoms with E-state index in [1.807, 2.05) is 43.5 Å². The summed E-state index contributed by atoms with van der Waals surface area (Å²) >= 11 is 0. The lowest BCUT2D eigenvalue weighted by atomic mass is 10.0. The SMILES string of the molecule is CCOC(=O)C1OC1C(=O)N(CC(=O)O)NC(=O)C(NC(=O)C(CCC(=O)O)NC(=O)C(CC(C)C)NC(=O)OCc1ccccc1)C(C)O.CCOC(=O)C1OC1C(=O)N(CC(N)=O)NC(=O)C(C)NC(=O)C(C)NC(=O)OCc1ccccc1.CCOC(=O)C1OC1C(=O)N(CCC(N)=O)NC(=O)C(Cc1ccccc1)NC(=O)C(CC(C)C)NC(=O)OCc1ccccc1.CCOC(C)=O.CCOC(C)=O.CCOC(C)=O. The summed E-state index contributed by atoms with van der Waals surface area (Å²) < 4.78 is 58.3. The number of carboxylic acid groups (broad SMARTS) is 2. The average molecular weight is 2120 g/mol. The molecule has 17 N–H and O–H groups in total. The van der Waals surface area contributed by atoms with E-state index in [1.165, 1.54) is 41.5 Å². The maximum atomic E-state index is 13.6. The molecule has 3 fully saturated rings. The van der Waals surface area contributed by atoms with Gasteiger partial charge in [-0.3, -0.25) is 103 Å². The van der Waals surface area contributed by atoms with Crippen molar-refractivity contribution in [2.75, 3.05) is 59.3 Å². The van der Waals surface area contributed by atoms with E-state index in [0.29, 0.717) is 41.0 Å². The quantitative estimate of drug-likeness (QED) is 0.0121. The normalized spacial score (nSPS) is 15.9. The third kappa shape index (κ3) is 53.9. The number of carbonyl (C=O) groups is 23. The van der Waals surface area contributed by atoms with Crippen molar-refractivity contribution in [3.63, 3.8) is 0 Å². The first-order valence-corrected chi connectivity index (χ1v) is 47.4. The number of nitrogens with two attached hydrogens (primary N) is 2. The molecule has 15 amide bonds. The lowest BCUT2D eigenvalue weighted by Crippen LogP contribution is -2.61. The second-order valence-electron chi connectivity index (χ2n) is 33.2. The molecular weight excluding hydrogens is 1980 g/mol. The molecule has 4 aromatic carbocycles. The van der Waals surface area contributed by atoms with Crippen LogP contribution < -0.4 is 65.0 Å². The van der Waals surface area contributed by atoms with Crippen LogP contribution in [0.25, 0.3) is 0 Å². The molecule has 0 spiro atoms. The zero-order valence-electron chi connectivity index (χ0n) is 86.1. The number of epoxide rings is 3. The Morgan fingerprint density at radius 2 is 0.660 bits per heavy atom. The fourth-order valence-corrected chi connectivity index (χ4v) is 12.3. The number of benzene rings is 4. The number of hydrogen-bond donors (Lipinski definition) is 15. The van der Waals surface area contributed by atoms with Gasteiger partial charge in [-0.2, -0.15) is 0 Å². The van der Waals surface area contributed by atoms with Crippen LogP contribution in [0.1, 0.15) is 165 Å². The Labute approximate surface area is 864 Å². The van der Waals surface area contributed by atoms with E-state index in [4.69, 9.17) is 54.1 Å². The van der Waals surface area contributed by atoms with Gasteiger partial charge < -0.3 is 121 Å². The number of carboxylic acids is 2. The van der Waals surface area contributed by atoms with Crippen LogP contribution in [0, 0.1) is 11.8 Å². The number of ether oxygens (including phenoxy) is 12. The Morgan fingerprint density at radius 3 is 0.987 bits per heavy atom. The van der Waals surface area contributed by atoms with Crippen molar-refractivity contribution in [2.24, 2.45) is 23.3 Å². The van der Waals surface area contributed by atoms with E-state index >= 15 is 0 Å². The Morgan fingerprint density at radius 1 is 0.333 bits per heavy atom. The zero-order valence-corrected chi connectivity index (χ0v) is 86.1. The smallest absolute Gasteiger partial charge is 0.408 e. The Kier molecular flexibility index (Phi) is 60.6. The molecule has 3 heterocycles. The number of alkyl carbamates (subject to hydrolysis) is 3. The van der Waals surface area contributed by atoms with Crippen molar-refractivity contribution in [3.8, 4) is 0 Å². The summed E-state index contributed by atoms with van der Waals surface area (Å²) in [5, 5.41) is 47.6. The molecule has 7 rings (SSSR count). The summed E-state index contributed by atoms with van der Waals surface area (Å²) in [4.78, 5) is 278. The van der Waals surface area contributed by atoms with Crippen LogP contribution in [0.4, 0.5) is 14.4 Å². The summed E-state index contributed by atoms with van der Waals surface area (Å²) in [6.45, 7) is 24.7. The molecule has 0 aliphatic carbocycles. The minimum absolute atomic E-state index is 0.00136. The number of aliphatic carboxylic acids is 2. The first kappa shape index (κ1) is 130. The number of nitrogens with one attached hydrogen (secondary N) is 10. The van der Waals surface area contributed by atoms with Crippen LogP contribution in [-0.2, 0) is 179 Å². The van der Waals surface area contributed by atoms with Crippen molar-refractivity contribution in [1.82, 2.24) is 68.5 Å². The number of hydrogen-bond acceptors (Lipinski definition) is 36. The van der Waals surface area contributed by atoms with Gasteiger partial charge in [0.05, 0.1) is 52.3 Å². The first-order chi connectivity index (χ1) is 70.8. The number of amides is 15. The number of carbonyl (C=O) groups excluding carboxylic acids is 21. The minimum Gasteiger partial charge on any atom is -0.481 e. The molecule has 3 aliphatic heterocycles. The fraction of sp³-hybridized carbons (Fsp3) is 0.515. The second-order valence-corrected chi connectivity index (χ2v) is 33.2. The van der Waals surface area contributed by atoms with Gasteiger partial charge in [-0.25, -0.2) is 38.8 Å². The number of aliphatic hydroxyl groups is 1. The molecule has 0 radical (unpaired) electrons. The van der Waals surface area contributed by atoms with Crippen LogP contribution in [0.5, 0.6) is 0 Å². The van der Waals surface area contributed by atoms with E-state index in [2.05, 4.69) is 62.3 Å². The van der Waals surface area contributed by atoms with Crippen molar-refractivity contribution in [3.05, 3.63) is 144 Å². The van der Waals surface area contributed by atoms with E-state index in [0.717, 1.165) is 23.1 Å². The molecular formula is C97H137N15O38. The Hall–Kier alpha value is -16.1. The van der Waals surface area contributed by atoms with Crippen LogP contribution in [0.2, 0.25) is 0 Å². The molecule has 828 valence electrons. The van der Waals surface area contributed by atoms with Crippen molar-refractivity contribution in [2.45, 2.75) is 254 Å². The summed E-state index contributed by atoms with van der Waals surface area (Å²) in [6, 6.07) is 26.3. The maximum absolute atomic E-state index is 13.6. The summed E-state index contributed by atoms with van der Waals surface area (Å²) in [7, 11) is 0. The highest BCUT2D eigenvalue weighted by Crippen LogP contribution is 2.28. The summed E-state index contributed by atoms with van der Waals surface area (Å²) in [6.07, 6.45) is -12.9. The van der Waals surface area contributed by atoms with Crippen molar-refractivity contribution >= 4 is 137 Å². The van der Waals surface area contributed by atoms with Crippen LogP contribution in [0.3, 0.4) is 0 Å². The number of hydrazine groups is 3. The highest BCUT2D eigenvalue weighted by Gasteiger charge is 2.56. The molecule has 53 nitrogen and oxygen atoms in total. The largest absolute Gasteiger partial charge is 0.481 e. The van der Waals surface area contributed by atoms with E-state index < -0.39 is 230 Å². The van der Waals surface area contributed by atoms with Gasteiger partial charge in [0.15, 0.2) is 36.6 Å². The molecule has 150 heavy (non-hydrogen) atoms. The second kappa shape index (κ2) is 69.9. The zero-order chi connectivity index (χ0) is 113. The molecule has 14 unspecified atom stereocenters. The lowest BCUT2D eigenvalue weighted by Gasteiger charge is -2.28. The predicted molar refractivity (Wildman–Crippen MR) is 520 cm³/mol. The van der Waals surface area contributed by atoms with Gasteiger partial charge in [-0.1, -0.05) is 149 Å². The third-order valence-corrected chi connectivity index (χ3v) is 19.5. The highest BCUT2D eigenvalue weighted by atomic mass is 16.7. The van der Waals surface area contributed by atoms with Gasteiger partial charge in [0.1, 0.15) is 75.2 Å². The maximum Gasteiger partial charge on any atom is 0.408 e. The molecule has 4 aromatic rings. The van der Waals surface area contributed by atoms with Crippen LogP contribution >= 0.6 is 0 Å². The van der Waals surface area contributed by atoms with Gasteiger partial charge in [0.25, 0.3) is 35.4 Å². The first-order valence-electron chi connectivity index (χ1n) is 47.4. The van der Waals surface area contributed by atoms with Crippen molar-refractivity contribution < 1.29 is 182 Å². The minimum atomic E-state index is -1.87. The van der Waals surface area contributed by atoms with E-state index in [1.54, 1.807) is 146 Å². The third-order valence-electron chi connectivity index (χ3n) is 19.5. The fourth-order valence-electron chi connectivity index (χ4n) is 12.3. The highest BCUT2D eigenvalue weighted by molar-refractivity contribution is 6.00.